The zero-order valence-corrected chi connectivity index (χ0v) is 14.5. The van der Waals surface area contributed by atoms with Gasteiger partial charge < -0.3 is 4.40 Å². The van der Waals surface area contributed by atoms with Crippen molar-refractivity contribution in [3.8, 4) is 11.3 Å². The van der Waals surface area contributed by atoms with E-state index in [-0.39, 0.29) is 5.91 Å². The average molecular weight is 343 g/mol. The van der Waals surface area contributed by atoms with Crippen LogP contribution < -0.4 is 5.32 Å². The molecule has 0 bridgehead atoms. The molecule has 3 aromatic heterocycles. The Balaban J connectivity index is 1.63. The number of benzene rings is 1. The number of hydrogen-bond acceptors (Lipinski definition) is 4. The summed E-state index contributed by atoms with van der Waals surface area (Å²) in [6.07, 6.45) is 3.77. The molecule has 6 heteroatoms. The van der Waals surface area contributed by atoms with Crippen LogP contribution in [-0.2, 0) is 0 Å². The lowest BCUT2D eigenvalue weighted by atomic mass is 10.2. The molecule has 0 aliphatic heterocycles. The monoisotopic (exact) mass is 343 g/mol. The molecule has 0 aliphatic rings. The van der Waals surface area contributed by atoms with Crippen molar-refractivity contribution in [2.75, 3.05) is 5.32 Å². The second kappa shape index (κ2) is 6.40. The molecule has 1 aromatic carbocycles. The summed E-state index contributed by atoms with van der Waals surface area (Å²) in [4.78, 5) is 25.6. The van der Waals surface area contributed by atoms with E-state index in [0.717, 1.165) is 22.6 Å². The lowest BCUT2D eigenvalue weighted by Crippen LogP contribution is -2.15. The highest BCUT2D eigenvalue weighted by Gasteiger charge is 2.11. The van der Waals surface area contributed by atoms with Crippen molar-refractivity contribution in [1.29, 1.82) is 0 Å². The van der Waals surface area contributed by atoms with Gasteiger partial charge in [0.15, 0.2) is 0 Å². The van der Waals surface area contributed by atoms with E-state index in [4.69, 9.17) is 0 Å². The molecule has 0 spiro atoms. The third kappa shape index (κ3) is 3.17. The van der Waals surface area contributed by atoms with Crippen LogP contribution in [0.3, 0.4) is 0 Å². The molecule has 1 amide bonds. The van der Waals surface area contributed by atoms with Crippen LogP contribution in [0.4, 0.5) is 5.95 Å². The summed E-state index contributed by atoms with van der Waals surface area (Å²) in [6.45, 7) is 3.73. The summed E-state index contributed by atoms with van der Waals surface area (Å²) in [6, 6.07) is 15.3. The first kappa shape index (κ1) is 16.0. The molecule has 0 atom stereocenters. The van der Waals surface area contributed by atoms with Crippen LogP contribution in [0.5, 0.6) is 0 Å². The SMILES string of the molecule is Cc1cc(C)nc(NC(=O)c2ccn3cc(-c4ccccc4)nc3c2)n1. The summed E-state index contributed by atoms with van der Waals surface area (Å²) >= 11 is 0. The molecule has 26 heavy (non-hydrogen) atoms. The standard InChI is InChI=1S/C20H17N5O/c1-13-10-14(2)22-20(21-13)24-19(26)16-8-9-25-12-17(23-18(25)11-16)15-6-4-3-5-7-15/h3-12H,1-2H3,(H,21,22,24,26). The second-order valence-electron chi connectivity index (χ2n) is 6.10. The fourth-order valence-electron chi connectivity index (χ4n) is 2.83. The molecule has 4 aromatic rings. The maximum absolute atomic E-state index is 12.5. The largest absolute Gasteiger partial charge is 0.306 e. The number of rotatable bonds is 3. The predicted octanol–water partition coefficient (Wildman–Crippen LogP) is 3.66. The highest BCUT2D eigenvalue weighted by molar-refractivity contribution is 6.03. The lowest BCUT2D eigenvalue weighted by molar-refractivity contribution is 0.102. The first-order valence-electron chi connectivity index (χ1n) is 8.26. The van der Waals surface area contributed by atoms with Gasteiger partial charge in [-0.3, -0.25) is 10.1 Å². The van der Waals surface area contributed by atoms with Crippen LogP contribution in [0.2, 0.25) is 0 Å². The Labute approximate surface area is 150 Å². The van der Waals surface area contributed by atoms with Crippen molar-refractivity contribution in [3.05, 3.63) is 77.9 Å². The number of aryl methyl sites for hydroxylation is 2. The van der Waals surface area contributed by atoms with Crippen LogP contribution in [0.25, 0.3) is 16.9 Å². The average Bonchev–Trinajstić information content (AvgIpc) is 3.05. The van der Waals surface area contributed by atoms with Crippen LogP contribution in [0.1, 0.15) is 21.7 Å². The fourth-order valence-corrected chi connectivity index (χ4v) is 2.83. The summed E-state index contributed by atoms with van der Waals surface area (Å²) in [5, 5.41) is 2.74. The van der Waals surface area contributed by atoms with Crippen molar-refractivity contribution in [3.63, 3.8) is 0 Å². The number of carbonyl (C=O) groups is 1. The Bertz CT molecular complexity index is 1080. The van der Waals surface area contributed by atoms with Crippen molar-refractivity contribution in [2.45, 2.75) is 13.8 Å². The van der Waals surface area contributed by atoms with Crippen molar-refractivity contribution < 1.29 is 4.79 Å². The lowest BCUT2D eigenvalue weighted by Gasteiger charge is -2.05. The van der Waals surface area contributed by atoms with Gasteiger partial charge in [-0.2, -0.15) is 0 Å². The molecule has 4 rings (SSSR count). The topological polar surface area (TPSA) is 72.2 Å². The minimum atomic E-state index is -0.262. The van der Waals surface area contributed by atoms with Crippen LogP contribution in [0.15, 0.2) is 60.9 Å². The van der Waals surface area contributed by atoms with Gasteiger partial charge >= 0.3 is 0 Å². The summed E-state index contributed by atoms with van der Waals surface area (Å²) in [5.41, 5.74) is 4.72. The van der Waals surface area contributed by atoms with E-state index in [1.807, 2.05) is 67.0 Å². The van der Waals surface area contributed by atoms with E-state index in [1.165, 1.54) is 0 Å². The van der Waals surface area contributed by atoms with Crippen LogP contribution in [0, 0.1) is 13.8 Å². The number of amides is 1. The van der Waals surface area contributed by atoms with Crippen molar-refractivity contribution in [2.24, 2.45) is 0 Å². The first-order valence-corrected chi connectivity index (χ1v) is 8.26. The zero-order valence-electron chi connectivity index (χ0n) is 14.5. The Morgan fingerprint density at radius 2 is 1.69 bits per heavy atom. The number of nitrogens with one attached hydrogen (secondary N) is 1. The fraction of sp³-hybridized carbons (Fsp3) is 0.100. The molecule has 0 fully saturated rings. The van der Waals surface area contributed by atoms with Crippen molar-refractivity contribution >= 4 is 17.5 Å². The molecule has 0 saturated carbocycles. The van der Waals surface area contributed by atoms with Crippen LogP contribution >= 0.6 is 0 Å². The van der Waals surface area contributed by atoms with E-state index >= 15 is 0 Å². The summed E-state index contributed by atoms with van der Waals surface area (Å²) in [5.74, 6) is 0.0439. The third-order valence-corrected chi connectivity index (χ3v) is 4.00. The van der Waals surface area contributed by atoms with Gasteiger partial charge in [0, 0.05) is 34.9 Å². The van der Waals surface area contributed by atoms with Gasteiger partial charge in [-0.15, -0.1) is 0 Å². The molecule has 3 heterocycles. The smallest absolute Gasteiger partial charge is 0.258 e. The van der Waals surface area contributed by atoms with E-state index in [2.05, 4.69) is 20.3 Å². The van der Waals surface area contributed by atoms with Gasteiger partial charge in [-0.05, 0) is 32.0 Å². The molecule has 0 unspecified atom stereocenters. The van der Waals surface area contributed by atoms with Gasteiger partial charge in [0.05, 0.1) is 5.69 Å². The highest BCUT2D eigenvalue weighted by Crippen LogP contribution is 2.19. The summed E-state index contributed by atoms with van der Waals surface area (Å²) < 4.78 is 1.90. The number of aromatic nitrogens is 4. The Morgan fingerprint density at radius 3 is 2.42 bits per heavy atom. The third-order valence-electron chi connectivity index (χ3n) is 4.00. The first-order chi connectivity index (χ1) is 12.6. The quantitative estimate of drug-likeness (QED) is 0.616. The Kier molecular flexibility index (Phi) is 3.93. The van der Waals surface area contributed by atoms with E-state index in [9.17, 15) is 4.79 Å². The van der Waals surface area contributed by atoms with Crippen molar-refractivity contribution in [1.82, 2.24) is 19.4 Å². The molecule has 0 radical (unpaired) electrons. The molecule has 128 valence electrons. The minimum Gasteiger partial charge on any atom is -0.306 e. The van der Waals surface area contributed by atoms with Gasteiger partial charge in [-0.1, -0.05) is 30.3 Å². The molecular weight excluding hydrogens is 326 g/mol. The Hall–Kier alpha value is -3.54. The van der Waals surface area contributed by atoms with Gasteiger partial charge in [0.1, 0.15) is 5.65 Å². The number of carbonyl (C=O) groups excluding carboxylic acids is 1. The predicted molar refractivity (Wildman–Crippen MR) is 100 cm³/mol. The molecule has 0 saturated heterocycles. The molecular formula is C20H17N5O. The minimum absolute atomic E-state index is 0.262. The number of fused-ring (bicyclic) bond motifs is 1. The molecule has 6 nitrogen and oxygen atoms in total. The number of imidazole rings is 1. The summed E-state index contributed by atoms with van der Waals surface area (Å²) in [7, 11) is 0. The van der Waals surface area contributed by atoms with Gasteiger partial charge in [0.25, 0.3) is 5.91 Å². The molecule has 0 aliphatic carbocycles. The van der Waals surface area contributed by atoms with E-state index in [1.54, 1.807) is 12.1 Å². The van der Waals surface area contributed by atoms with E-state index in [0.29, 0.717) is 17.2 Å². The normalized spacial score (nSPS) is 10.8. The zero-order chi connectivity index (χ0) is 18.1. The highest BCUT2D eigenvalue weighted by atomic mass is 16.1. The molecule has 1 N–H and O–H groups in total. The van der Waals surface area contributed by atoms with E-state index < -0.39 is 0 Å². The van der Waals surface area contributed by atoms with Crippen LogP contribution in [-0.4, -0.2) is 25.3 Å². The second-order valence-corrected chi connectivity index (χ2v) is 6.10. The number of nitrogens with zero attached hydrogens (tertiary/aromatic N) is 4. The van der Waals surface area contributed by atoms with Gasteiger partial charge in [-0.25, -0.2) is 15.0 Å². The maximum Gasteiger partial charge on any atom is 0.258 e. The maximum atomic E-state index is 12.5. The van der Waals surface area contributed by atoms with Gasteiger partial charge in [0.2, 0.25) is 5.95 Å². The number of anilines is 1. The Morgan fingerprint density at radius 1 is 0.962 bits per heavy atom. The number of hydrogen-bond donors (Lipinski definition) is 1. The number of pyridine rings is 1.